The summed E-state index contributed by atoms with van der Waals surface area (Å²) in [5.41, 5.74) is 7.04. The van der Waals surface area contributed by atoms with Gasteiger partial charge in [0.15, 0.2) is 0 Å². The van der Waals surface area contributed by atoms with Crippen molar-refractivity contribution < 1.29 is 19.2 Å². The molecule has 0 unspecified atom stereocenters. The van der Waals surface area contributed by atoms with Crippen molar-refractivity contribution in [3.63, 3.8) is 0 Å². The van der Waals surface area contributed by atoms with E-state index < -0.39 is 5.91 Å². The lowest BCUT2D eigenvalue weighted by Crippen LogP contribution is -2.33. The minimum absolute atomic E-state index is 0.0620. The van der Waals surface area contributed by atoms with Gasteiger partial charge in [0.05, 0.1) is 12.8 Å². The molecule has 9 nitrogen and oxygen atoms in total. The van der Waals surface area contributed by atoms with Crippen LogP contribution >= 0.6 is 0 Å². The van der Waals surface area contributed by atoms with Gasteiger partial charge in [0, 0.05) is 31.5 Å². The fourth-order valence-electron chi connectivity index (χ4n) is 3.47. The molecule has 1 aromatic carbocycles. The summed E-state index contributed by atoms with van der Waals surface area (Å²) in [6.07, 6.45) is 4.95. The number of anilines is 1. The lowest BCUT2D eigenvalue weighted by atomic mass is 10.0. The van der Waals surface area contributed by atoms with E-state index >= 15 is 0 Å². The molecule has 2 aromatic rings. The lowest BCUT2D eigenvalue weighted by molar-refractivity contribution is 0.0995. The Morgan fingerprint density at radius 1 is 1.24 bits per heavy atom. The van der Waals surface area contributed by atoms with Crippen LogP contribution in [0.25, 0.3) is 0 Å². The van der Waals surface area contributed by atoms with Gasteiger partial charge in [-0.3, -0.25) is 14.7 Å². The van der Waals surface area contributed by atoms with Crippen molar-refractivity contribution >= 4 is 23.8 Å². The number of hydrogen-bond acceptors (Lipinski definition) is 6. The zero-order valence-corrected chi connectivity index (χ0v) is 19.1. The fraction of sp³-hybridized carbons (Fsp3) is 0.417. The Hall–Kier alpha value is -3.62. The molecule has 0 radical (unpaired) electrons. The van der Waals surface area contributed by atoms with E-state index in [1.165, 1.54) is 6.20 Å². The van der Waals surface area contributed by atoms with Crippen LogP contribution in [0, 0.1) is 5.92 Å². The summed E-state index contributed by atoms with van der Waals surface area (Å²) in [7, 11) is 0. The maximum atomic E-state index is 12.8. The molecule has 0 bridgehead atoms. The topological polar surface area (TPSA) is 110 Å². The summed E-state index contributed by atoms with van der Waals surface area (Å²) in [6.45, 7) is 7.11. The number of urea groups is 1. The minimum atomic E-state index is -0.609. The summed E-state index contributed by atoms with van der Waals surface area (Å²) in [5, 5.41) is 3.85. The number of amides is 3. The quantitative estimate of drug-likeness (QED) is 0.392. The van der Waals surface area contributed by atoms with Gasteiger partial charge in [0.2, 0.25) is 0 Å². The molecule has 9 heteroatoms. The number of pyridine rings is 1. The molecule has 1 aliphatic rings. The number of ether oxygens (including phenoxy) is 1. The first kappa shape index (κ1) is 24.0. The molecule has 33 heavy (non-hydrogen) atoms. The predicted molar refractivity (Wildman–Crippen MR) is 127 cm³/mol. The van der Waals surface area contributed by atoms with Crippen LogP contribution in [0.15, 0.2) is 47.8 Å². The van der Waals surface area contributed by atoms with Crippen LogP contribution in [0.3, 0.4) is 0 Å². The fourth-order valence-corrected chi connectivity index (χ4v) is 3.47. The van der Waals surface area contributed by atoms with Crippen LogP contribution in [0.2, 0.25) is 0 Å². The van der Waals surface area contributed by atoms with E-state index in [0.717, 1.165) is 24.2 Å². The van der Waals surface area contributed by atoms with Gasteiger partial charge in [-0.05, 0) is 67.6 Å². The number of nitrogens with zero attached hydrogens (tertiary/aromatic N) is 4. The van der Waals surface area contributed by atoms with Gasteiger partial charge in [-0.25, -0.2) is 4.79 Å². The van der Waals surface area contributed by atoms with Crippen LogP contribution in [0.4, 0.5) is 10.5 Å². The molecule has 0 aliphatic carbocycles. The Bertz CT molecular complexity index is 964. The summed E-state index contributed by atoms with van der Waals surface area (Å²) in [6, 6.07) is 10.9. The third-order valence-corrected chi connectivity index (χ3v) is 5.46. The first-order chi connectivity index (χ1) is 16.0. The van der Waals surface area contributed by atoms with E-state index in [2.05, 4.69) is 17.1 Å². The van der Waals surface area contributed by atoms with Crippen LogP contribution in [-0.2, 0) is 4.84 Å². The summed E-state index contributed by atoms with van der Waals surface area (Å²) in [5.74, 6) is 0.614. The van der Waals surface area contributed by atoms with Crippen LogP contribution in [0.1, 0.15) is 42.7 Å². The molecule has 3 rings (SSSR count). The standard InChI is InChI=1S/C24H31N5O4/c1-3-33-27-17-19-4-6-21(7-5-19)32-15-10-18(2)9-12-28-13-14-29(24(28)31)20-8-11-26-22(16-20)23(25)30/h4-8,11,16-18H,3,9-10,12-15H2,1-2H3,(H2,25,30)/b27-17+/t18-/m0/s1. The smallest absolute Gasteiger partial charge is 0.324 e. The van der Waals surface area contributed by atoms with Gasteiger partial charge < -0.3 is 20.2 Å². The lowest BCUT2D eigenvalue weighted by Gasteiger charge is -2.20. The minimum Gasteiger partial charge on any atom is -0.494 e. The van der Waals surface area contributed by atoms with Crippen molar-refractivity contribution in [2.24, 2.45) is 16.8 Å². The molecule has 176 valence electrons. The van der Waals surface area contributed by atoms with E-state index in [1.54, 1.807) is 23.2 Å². The SMILES string of the molecule is CCO/N=C/c1ccc(OCC[C@@H](C)CCN2CCN(c3ccnc(C(N)=O)c3)C2=O)cc1. The summed E-state index contributed by atoms with van der Waals surface area (Å²) < 4.78 is 5.85. The third-order valence-electron chi connectivity index (χ3n) is 5.46. The molecule has 1 fully saturated rings. The van der Waals surface area contributed by atoms with Gasteiger partial charge in [-0.2, -0.15) is 0 Å². The maximum absolute atomic E-state index is 12.8. The maximum Gasteiger partial charge on any atom is 0.324 e. The van der Waals surface area contributed by atoms with Gasteiger partial charge in [-0.1, -0.05) is 12.1 Å². The molecule has 1 aliphatic heterocycles. The van der Waals surface area contributed by atoms with Crippen LogP contribution < -0.4 is 15.4 Å². The molecule has 0 spiro atoms. The molecule has 1 aromatic heterocycles. The zero-order chi connectivity index (χ0) is 23.6. The number of benzene rings is 1. The highest BCUT2D eigenvalue weighted by Gasteiger charge is 2.29. The number of carbonyl (C=O) groups excluding carboxylic acids is 2. The Morgan fingerprint density at radius 2 is 2.03 bits per heavy atom. The van der Waals surface area contributed by atoms with Gasteiger partial charge in [0.25, 0.3) is 5.91 Å². The normalized spacial score (nSPS) is 14.7. The molecule has 1 saturated heterocycles. The first-order valence-electron chi connectivity index (χ1n) is 11.2. The second-order valence-electron chi connectivity index (χ2n) is 7.94. The monoisotopic (exact) mass is 453 g/mol. The van der Waals surface area contributed by atoms with E-state index in [0.29, 0.717) is 44.5 Å². The van der Waals surface area contributed by atoms with Crippen LogP contribution in [-0.4, -0.2) is 60.9 Å². The molecule has 0 saturated carbocycles. The second-order valence-corrected chi connectivity index (χ2v) is 7.94. The molecular formula is C24H31N5O4. The highest BCUT2D eigenvalue weighted by molar-refractivity contribution is 5.96. The average Bonchev–Trinajstić information content (AvgIpc) is 3.19. The van der Waals surface area contributed by atoms with Crippen molar-refractivity contribution in [2.45, 2.75) is 26.7 Å². The number of aromatic nitrogens is 1. The summed E-state index contributed by atoms with van der Waals surface area (Å²) >= 11 is 0. The molecule has 1 atom stereocenters. The molecule has 2 heterocycles. The van der Waals surface area contributed by atoms with E-state index in [-0.39, 0.29) is 11.7 Å². The highest BCUT2D eigenvalue weighted by Crippen LogP contribution is 2.22. The number of primary amides is 1. The van der Waals surface area contributed by atoms with Gasteiger partial charge >= 0.3 is 6.03 Å². The van der Waals surface area contributed by atoms with Crippen LogP contribution in [0.5, 0.6) is 5.75 Å². The Labute approximate surface area is 194 Å². The average molecular weight is 454 g/mol. The summed E-state index contributed by atoms with van der Waals surface area (Å²) in [4.78, 5) is 36.5. The van der Waals surface area contributed by atoms with Gasteiger partial charge in [0.1, 0.15) is 18.1 Å². The number of rotatable bonds is 12. The Kier molecular flexibility index (Phi) is 8.63. The number of nitrogens with two attached hydrogens (primary N) is 1. The van der Waals surface area contributed by atoms with Crippen molar-refractivity contribution in [1.82, 2.24) is 9.88 Å². The number of carbonyl (C=O) groups is 2. The van der Waals surface area contributed by atoms with Crippen molar-refractivity contribution in [3.05, 3.63) is 53.9 Å². The van der Waals surface area contributed by atoms with E-state index in [1.807, 2.05) is 36.1 Å². The predicted octanol–water partition coefficient (Wildman–Crippen LogP) is 3.29. The molecule has 2 N–H and O–H groups in total. The Morgan fingerprint density at radius 3 is 2.76 bits per heavy atom. The van der Waals surface area contributed by atoms with Crippen molar-refractivity contribution in [2.75, 3.05) is 37.7 Å². The zero-order valence-electron chi connectivity index (χ0n) is 19.1. The van der Waals surface area contributed by atoms with E-state index in [4.69, 9.17) is 15.3 Å². The molecular weight excluding hydrogens is 422 g/mol. The number of oxime groups is 1. The van der Waals surface area contributed by atoms with Gasteiger partial charge in [-0.15, -0.1) is 0 Å². The third kappa shape index (κ3) is 6.93. The Balaban J connectivity index is 1.39. The largest absolute Gasteiger partial charge is 0.494 e. The first-order valence-corrected chi connectivity index (χ1v) is 11.2. The molecule has 3 amide bonds. The second kappa shape index (κ2) is 11.8. The number of hydrogen-bond donors (Lipinski definition) is 1. The van der Waals surface area contributed by atoms with Crippen molar-refractivity contribution in [3.8, 4) is 5.75 Å². The van der Waals surface area contributed by atoms with Crippen molar-refractivity contribution in [1.29, 1.82) is 0 Å². The highest BCUT2D eigenvalue weighted by atomic mass is 16.6. The van der Waals surface area contributed by atoms with E-state index in [9.17, 15) is 9.59 Å².